The summed E-state index contributed by atoms with van der Waals surface area (Å²) in [5.74, 6) is -1.12. The average molecular weight is 715 g/mol. The predicted molar refractivity (Wildman–Crippen MR) is 201 cm³/mol. The van der Waals surface area contributed by atoms with E-state index in [1.54, 1.807) is 38.1 Å². The van der Waals surface area contributed by atoms with Gasteiger partial charge in [0.15, 0.2) is 0 Å². The Kier molecular flexibility index (Phi) is 16.2. The Morgan fingerprint density at radius 1 is 1.02 bits per heavy atom. The number of ether oxygens (including phenoxy) is 2. The second-order valence-corrected chi connectivity index (χ2v) is 15.3. The van der Waals surface area contributed by atoms with Crippen molar-refractivity contribution in [2.24, 2.45) is 23.7 Å². The van der Waals surface area contributed by atoms with E-state index in [-0.39, 0.29) is 53.8 Å². The van der Waals surface area contributed by atoms with E-state index in [0.29, 0.717) is 31.7 Å². The van der Waals surface area contributed by atoms with Crippen molar-refractivity contribution in [1.82, 2.24) is 24.9 Å². The Hall–Kier alpha value is -3.22. The minimum atomic E-state index is -0.693. The lowest BCUT2D eigenvalue weighted by atomic mass is 9.89. The summed E-state index contributed by atoms with van der Waals surface area (Å²) in [6.07, 6.45) is 2.78. The van der Waals surface area contributed by atoms with Gasteiger partial charge in [-0.05, 0) is 68.8 Å². The Morgan fingerprint density at radius 3 is 2.29 bits per heavy atom. The number of nitrogens with zero attached hydrogens (tertiary/aromatic N) is 4. The molecule has 1 aromatic carbocycles. The normalized spacial score (nSPS) is 21.5. The first-order valence-corrected chi connectivity index (χ1v) is 18.8. The fraction of sp³-hybridized carbons (Fsp3) is 0.744. The number of hydrogen-bond donors (Lipinski definition) is 2. The highest BCUT2D eigenvalue weighted by Crippen LogP contribution is 2.30. The van der Waals surface area contributed by atoms with Gasteiger partial charge in [-0.3, -0.25) is 19.2 Å². The predicted octanol–water partition coefficient (Wildman–Crippen LogP) is 3.28. The van der Waals surface area contributed by atoms with Crippen LogP contribution in [0.1, 0.15) is 72.3 Å². The van der Waals surface area contributed by atoms with Crippen LogP contribution in [0.15, 0.2) is 24.3 Å². The number of nitrogens with one attached hydrogen (secondary N) is 1. The highest BCUT2D eigenvalue weighted by atomic mass is 16.5. The summed E-state index contributed by atoms with van der Waals surface area (Å²) in [6.45, 7) is 12.5. The largest absolute Gasteiger partial charge is 0.399 e. The van der Waals surface area contributed by atoms with Gasteiger partial charge in [-0.15, -0.1) is 0 Å². The molecule has 51 heavy (non-hydrogen) atoms. The van der Waals surface area contributed by atoms with E-state index < -0.39 is 30.2 Å². The molecule has 2 saturated heterocycles. The molecule has 2 heterocycles. The number of carbonyl (C=O) groups excluding carboxylic acids is 4. The van der Waals surface area contributed by atoms with Crippen molar-refractivity contribution < 1.29 is 28.7 Å². The van der Waals surface area contributed by atoms with E-state index in [2.05, 4.69) is 24.1 Å². The van der Waals surface area contributed by atoms with E-state index >= 15 is 0 Å². The minimum Gasteiger partial charge on any atom is -0.399 e. The lowest BCUT2D eigenvalue weighted by Gasteiger charge is -2.41. The highest BCUT2D eigenvalue weighted by molar-refractivity contribution is 5.89. The number of hydrogen-bond acceptors (Lipinski definition) is 8. The lowest BCUT2D eigenvalue weighted by Crippen LogP contribution is -2.58. The fourth-order valence-electron chi connectivity index (χ4n) is 7.95. The zero-order valence-electron chi connectivity index (χ0n) is 32.9. The van der Waals surface area contributed by atoms with Gasteiger partial charge in [-0.25, -0.2) is 0 Å². The maximum absolute atomic E-state index is 14.1. The van der Waals surface area contributed by atoms with E-state index in [9.17, 15) is 19.2 Å². The van der Waals surface area contributed by atoms with Crippen molar-refractivity contribution >= 4 is 29.3 Å². The summed E-state index contributed by atoms with van der Waals surface area (Å²) >= 11 is 0. The second-order valence-electron chi connectivity index (χ2n) is 15.3. The van der Waals surface area contributed by atoms with Gasteiger partial charge in [0.2, 0.25) is 23.6 Å². The maximum Gasteiger partial charge on any atom is 0.245 e. The van der Waals surface area contributed by atoms with Crippen LogP contribution in [0.4, 0.5) is 5.69 Å². The smallest absolute Gasteiger partial charge is 0.245 e. The molecule has 0 saturated carbocycles. The van der Waals surface area contributed by atoms with Crippen molar-refractivity contribution in [3.8, 4) is 0 Å². The third kappa shape index (κ3) is 10.9. The van der Waals surface area contributed by atoms with Crippen LogP contribution in [-0.4, -0.2) is 135 Å². The van der Waals surface area contributed by atoms with Gasteiger partial charge in [0, 0.05) is 53.6 Å². The number of anilines is 1. The van der Waals surface area contributed by atoms with E-state index in [1.807, 2.05) is 57.0 Å². The van der Waals surface area contributed by atoms with Crippen LogP contribution in [0.5, 0.6) is 0 Å². The molecule has 8 atom stereocenters. The standard InChI is InChI=1S/C39H66N6O6/c1-11-26(4)35(44(8)39(49)34(25(2)3)41-37(47)29-18-20-42(6)24-29)32(50-9)23-33(46)45-19-13-16-31(45)36(51-10)27(5)38(48)43(7)21-17-28-14-12-15-30(40)22-28/h12,14-15,22,25-27,29,31-32,34-36H,11,13,16-21,23-24,40H2,1-10H3,(H,41,47)/t26-,27+,29+,31?,32+,34-,35-,36+/m0/s1. The number of amides is 4. The number of methoxy groups -OCH3 is 2. The summed E-state index contributed by atoms with van der Waals surface area (Å²) < 4.78 is 12.0. The first-order chi connectivity index (χ1) is 24.1. The number of benzene rings is 1. The molecule has 0 spiro atoms. The van der Waals surface area contributed by atoms with Crippen molar-refractivity contribution in [2.75, 3.05) is 67.3 Å². The van der Waals surface area contributed by atoms with Crippen LogP contribution < -0.4 is 11.1 Å². The molecule has 0 radical (unpaired) electrons. The van der Waals surface area contributed by atoms with Gasteiger partial charge in [0.25, 0.3) is 0 Å². The van der Waals surface area contributed by atoms with Gasteiger partial charge in [-0.1, -0.05) is 53.2 Å². The zero-order valence-corrected chi connectivity index (χ0v) is 32.9. The number of carbonyl (C=O) groups is 4. The van der Waals surface area contributed by atoms with Gasteiger partial charge >= 0.3 is 0 Å². The molecule has 1 unspecified atom stereocenters. The number of nitrogen functional groups attached to an aromatic ring is 1. The number of rotatable bonds is 18. The fourth-order valence-corrected chi connectivity index (χ4v) is 7.95. The van der Waals surface area contributed by atoms with E-state index in [4.69, 9.17) is 15.2 Å². The summed E-state index contributed by atoms with van der Waals surface area (Å²) in [6, 6.07) is 6.32. The monoisotopic (exact) mass is 715 g/mol. The molecule has 2 fully saturated rings. The molecule has 288 valence electrons. The minimum absolute atomic E-state index is 0.0188. The molecule has 0 aliphatic carbocycles. The second kappa shape index (κ2) is 19.6. The number of likely N-dealkylation sites (N-methyl/N-ethyl adjacent to an activating group) is 2. The third-order valence-corrected chi connectivity index (χ3v) is 11.3. The van der Waals surface area contributed by atoms with Crippen LogP contribution >= 0.6 is 0 Å². The number of nitrogens with two attached hydrogens (primary N) is 1. The van der Waals surface area contributed by atoms with Gasteiger partial charge in [0.05, 0.1) is 42.5 Å². The maximum atomic E-state index is 14.1. The van der Waals surface area contributed by atoms with Crippen molar-refractivity contribution in [3.05, 3.63) is 29.8 Å². The van der Waals surface area contributed by atoms with Crippen molar-refractivity contribution in [1.29, 1.82) is 0 Å². The van der Waals surface area contributed by atoms with Crippen LogP contribution in [0, 0.1) is 23.7 Å². The summed E-state index contributed by atoms with van der Waals surface area (Å²) in [4.78, 5) is 62.5. The molecule has 0 aromatic heterocycles. The molecular formula is C39H66N6O6. The van der Waals surface area contributed by atoms with Crippen LogP contribution in [0.25, 0.3) is 0 Å². The molecule has 12 nitrogen and oxygen atoms in total. The van der Waals surface area contributed by atoms with Crippen LogP contribution in [-0.2, 0) is 35.1 Å². The summed E-state index contributed by atoms with van der Waals surface area (Å²) in [7, 11) is 8.75. The number of likely N-dealkylation sites (tertiary alicyclic amines) is 2. The molecule has 2 aliphatic rings. The molecule has 0 bridgehead atoms. The van der Waals surface area contributed by atoms with E-state index in [0.717, 1.165) is 37.8 Å². The quantitative estimate of drug-likeness (QED) is 0.221. The Bertz CT molecular complexity index is 1310. The molecule has 2 aliphatic heterocycles. The zero-order chi connectivity index (χ0) is 38.0. The van der Waals surface area contributed by atoms with Crippen LogP contribution in [0.2, 0.25) is 0 Å². The molecule has 3 N–H and O–H groups in total. The van der Waals surface area contributed by atoms with Crippen molar-refractivity contribution in [3.63, 3.8) is 0 Å². The Labute approximate surface area is 306 Å². The van der Waals surface area contributed by atoms with Crippen LogP contribution in [0.3, 0.4) is 0 Å². The van der Waals surface area contributed by atoms with E-state index in [1.165, 1.54) is 0 Å². The summed E-state index contributed by atoms with van der Waals surface area (Å²) in [5, 5.41) is 3.06. The highest BCUT2D eigenvalue weighted by Gasteiger charge is 2.43. The first kappa shape index (κ1) is 42.2. The van der Waals surface area contributed by atoms with Gasteiger partial charge in [-0.2, -0.15) is 0 Å². The first-order valence-electron chi connectivity index (χ1n) is 18.8. The SMILES string of the molecule is CC[C@H](C)[C@@H]([C@@H](CC(=O)N1CCCC1[C@H](OC)[C@@H](C)C(=O)N(C)CCc1cccc(N)c1)OC)N(C)C(=O)[C@@H](NC(=O)[C@@H]1CCN(C)C1)C(C)C. The van der Waals surface area contributed by atoms with Crippen molar-refractivity contribution in [2.45, 2.75) is 103 Å². The molecular weight excluding hydrogens is 648 g/mol. The molecule has 1 aromatic rings. The Morgan fingerprint density at radius 2 is 1.73 bits per heavy atom. The molecule has 4 amide bonds. The van der Waals surface area contributed by atoms with Gasteiger partial charge < -0.3 is 40.1 Å². The summed E-state index contributed by atoms with van der Waals surface area (Å²) in [5.41, 5.74) is 7.70. The Balaban J connectivity index is 1.72. The third-order valence-electron chi connectivity index (χ3n) is 11.3. The topological polar surface area (TPSA) is 138 Å². The molecule has 12 heteroatoms. The van der Waals surface area contributed by atoms with Gasteiger partial charge in [0.1, 0.15) is 6.04 Å². The molecule has 3 rings (SSSR count). The lowest BCUT2D eigenvalue weighted by molar-refractivity contribution is -0.149. The average Bonchev–Trinajstić information content (AvgIpc) is 3.78.